The van der Waals surface area contributed by atoms with Gasteiger partial charge in [-0.3, -0.25) is 24.0 Å². The van der Waals surface area contributed by atoms with E-state index in [1.807, 2.05) is 24.4 Å². The first kappa shape index (κ1) is 49.8. The number of likely N-dealkylation sites (tertiary alicyclic amines) is 1. The van der Waals surface area contributed by atoms with Crippen molar-refractivity contribution in [3.63, 3.8) is 0 Å². The maximum atomic E-state index is 15.1. The van der Waals surface area contributed by atoms with Gasteiger partial charge in [0.1, 0.15) is 22.9 Å². The number of nitrogens with zero attached hydrogens (tertiary/aromatic N) is 4. The van der Waals surface area contributed by atoms with Crippen LogP contribution >= 0.6 is 22.9 Å². The van der Waals surface area contributed by atoms with Crippen LogP contribution in [0.1, 0.15) is 82.9 Å². The Hall–Kier alpha value is -5.64. The third kappa shape index (κ3) is 11.7. The summed E-state index contributed by atoms with van der Waals surface area (Å²) in [7, 11) is 0. The van der Waals surface area contributed by atoms with Gasteiger partial charge in [0.15, 0.2) is 23.8 Å². The zero-order valence-electron chi connectivity index (χ0n) is 38.8. The summed E-state index contributed by atoms with van der Waals surface area (Å²) in [6, 6.07) is 6.40. The fraction of sp³-hybridized carbons (Fsp3) is 0.521. The lowest BCUT2D eigenvalue weighted by Gasteiger charge is -2.36. The third-order valence-corrected chi connectivity index (χ3v) is 14.7. The number of aliphatic hydroxyl groups excluding tert-OH is 1. The number of aliphatic hydroxyl groups is 1. The third-order valence-electron chi connectivity index (χ3n) is 12.9. The van der Waals surface area contributed by atoms with Crippen molar-refractivity contribution in [1.82, 2.24) is 35.5 Å². The predicted molar refractivity (Wildman–Crippen MR) is 252 cm³/mol. The first-order valence-corrected chi connectivity index (χ1v) is 24.8. The Balaban J connectivity index is 0.863. The number of ether oxygens (including phenoxy) is 2. The van der Waals surface area contributed by atoms with Gasteiger partial charge in [-0.1, -0.05) is 45.0 Å². The summed E-state index contributed by atoms with van der Waals surface area (Å²) in [5.74, 6) is -5.29. The maximum absolute atomic E-state index is 15.1. The highest BCUT2D eigenvalue weighted by atomic mass is 32.1. The number of amides is 5. The van der Waals surface area contributed by atoms with Crippen LogP contribution < -0.4 is 30.9 Å². The van der Waals surface area contributed by atoms with Crippen molar-refractivity contribution in [2.24, 2.45) is 5.41 Å². The molecule has 1 aliphatic carbocycles. The molecule has 0 radical (unpaired) electrons. The van der Waals surface area contributed by atoms with Crippen molar-refractivity contribution in [3.8, 4) is 26.8 Å². The molecule has 6 atom stereocenters. The number of fused-ring (bicyclic) bond motifs is 2. The predicted octanol–water partition coefficient (Wildman–Crippen LogP) is 5.13. The van der Waals surface area contributed by atoms with E-state index in [2.05, 4.69) is 35.5 Å². The number of hydrogen-bond donors (Lipinski definition) is 5. The number of aryl methyl sites for hydroxylation is 1. The van der Waals surface area contributed by atoms with Crippen LogP contribution in [0.5, 0.6) is 5.75 Å². The molecule has 4 aromatic rings. The standard InChI is InChI=1S/C48H57F3N8O8S2/c1-26-20-54-69-41(26)28-8-6-27(7-9-28)34(55-43(63)35-18-29(60)21-59(35)45(64)42(47(2,3)4)57-46(65)48(51)14-15-48)19-37(61)52-16-5-17-53-38(62)24-66-40-32(12-13-33(49)39(40)50)44-56-36(25-68-44)58-22-30-10-11-31(23-58)67-30/h6-9,12-13,20,25,29-31,34-35,42,60H,5,10-11,14-19,21-24H2,1-4H3,(H,52,61)(H,53,62)(H,55,63)(H,57,65)/t29-,30?,31?,34?,35?,42-/m1/s1. The first-order chi connectivity index (χ1) is 32.9. The van der Waals surface area contributed by atoms with Crippen molar-refractivity contribution >= 4 is 58.2 Å². The van der Waals surface area contributed by atoms with Gasteiger partial charge in [-0.2, -0.15) is 4.39 Å². The van der Waals surface area contributed by atoms with E-state index in [1.165, 1.54) is 33.8 Å². The minimum Gasteiger partial charge on any atom is -0.480 e. The van der Waals surface area contributed by atoms with Crippen LogP contribution in [0.3, 0.4) is 0 Å². The number of nitrogens with one attached hydrogen (secondary N) is 4. The van der Waals surface area contributed by atoms with Crippen molar-refractivity contribution < 1.29 is 51.7 Å². The fourth-order valence-corrected chi connectivity index (χ4v) is 10.4. The van der Waals surface area contributed by atoms with E-state index in [-0.39, 0.29) is 69.5 Å². The Morgan fingerprint density at radius 1 is 0.971 bits per heavy atom. The summed E-state index contributed by atoms with van der Waals surface area (Å²) in [6.45, 7) is 7.89. The van der Waals surface area contributed by atoms with E-state index < -0.39 is 88.8 Å². The largest absolute Gasteiger partial charge is 0.480 e. The molecule has 5 N–H and O–H groups in total. The minimum atomic E-state index is -2.04. The SMILES string of the molecule is Cc1cnsc1-c1ccc(C(CC(=O)NCCCNC(=O)COc2c(-c3nc(N4CC5CCC(C4)O5)cs3)ccc(F)c2F)NC(=O)C2C[C@@H](O)CN2C(=O)[C@@H](NC(=O)C2(F)CC2)C(C)(C)C)cc1. The van der Waals surface area contributed by atoms with Crippen molar-refractivity contribution in [1.29, 1.82) is 0 Å². The molecule has 16 nitrogen and oxygen atoms in total. The quantitative estimate of drug-likeness (QED) is 0.0827. The molecular weight excluding hydrogens is 938 g/mol. The average molecular weight is 995 g/mol. The highest BCUT2D eigenvalue weighted by Crippen LogP contribution is 2.41. The highest BCUT2D eigenvalue weighted by Gasteiger charge is 2.53. The van der Waals surface area contributed by atoms with Crippen molar-refractivity contribution in [3.05, 3.63) is 70.7 Å². The zero-order valence-corrected chi connectivity index (χ0v) is 40.5. The molecule has 5 heterocycles. The van der Waals surface area contributed by atoms with E-state index in [1.54, 1.807) is 39.1 Å². The summed E-state index contributed by atoms with van der Waals surface area (Å²) in [4.78, 5) is 76.3. The van der Waals surface area contributed by atoms with Crippen LogP contribution in [-0.2, 0) is 28.7 Å². The number of halogens is 3. The molecule has 4 unspecified atom stereocenters. The second kappa shape index (κ2) is 20.8. The molecule has 2 bridgehead atoms. The molecule has 3 aliphatic heterocycles. The molecule has 2 aromatic carbocycles. The molecule has 2 aromatic heterocycles. The van der Waals surface area contributed by atoms with E-state index in [0.717, 1.165) is 34.9 Å². The van der Waals surface area contributed by atoms with Crippen LogP contribution in [0.2, 0.25) is 0 Å². The molecule has 1 saturated carbocycles. The number of hydrogen-bond acceptors (Lipinski definition) is 13. The van der Waals surface area contributed by atoms with Gasteiger partial charge >= 0.3 is 0 Å². The highest BCUT2D eigenvalue weighted by molar-refractivity contribution is 7.13. The summed E-state index contributed by atoms with van der Waals surface area (Å²) in [6.07, 6.45) is 3.02. The van der Waals surface area contributed by atoms with Crippen LogP contribution in [0, 0.1) is 24.0 Å². The van der Waals surface area contributed by atoms with Gasteiger partial charge in [0.25, 0.3) is 11.8 Å². The number of β-amino-alcohol motifs (C(OH)–C–C–N with tert-alkyl or cyclic N) is 1. The first-order valence-electron chi connectivity index (χ1n) is 23.2. The van der Waals surface area contributed by atoms with Crippen molar-refractivity contribution in [2.45, 2.75) is 115 Å². The Morgan fingerprint density at radius 2 is 1.67 bits per heavy atom. The second-order valence-electron chi connectivity index (χ2n) is 19.3. The lowest BCUT2D eigenvalue weighted by molar-refractivity contribution is -0.145. The molecule has 21 heteroatoms. The number of benzene rings is 2. The molecule has 0 spiro atoms. The average Bonchev–Trinajstić information content (AvgIpc) is 3.74. The smallest absolute Gasteiger partial charge is 0.258 e. The van der Waals surface area contributed by atoms with E-state index in [4.69, 9.17) is 9.47 Å². The molecular formula is C48H57F3N8O8S2. The van der Waals surface area contributed by atoms with Gasteiger partial charge < -0.3 is 45.6 Å². The second-order valence-corrected chi connectivity index (χ2v) is 21.0. The van der Waals surface area contributed by atoms with Gasteiger partial charge in [-0.15, -0.1) is 11.3 Å². The Bertz CT molecular complexity index is 2540. The molecule has 5 amide bonds. The number of alkyl halides is 1. The van der Waals surface area contributed by atoms with Crippen LogP contribution in [0.15, 0.2) is 48.0 Å². The number of carbonyl (C=O) groups excluding carboxylic acids is 5. The number of rotatable bonds is 18. The summed E-state index contributed by atoms with van der Waals surface area (Å²) >= 11 is 2.59. The van der Waals surface area contributed by atoms with Gasteiger partial charge in [0.2, 0.25) is 23.5 Å². The lowest BCUT2D eigenvalue weighted by Crippen LogP contribution is -2.59. The van der Waals surface area contributed by atoms with E-state index in [9.17, 15) is 37.9 Å². The lowest BCUT2D eigenvalue weighted by atomic mass is 9.85. The van der Waals surface area contributed by atoms with E-state index >= 15 is 4.39 Å². The van der Waals surface area contributed by atoms with Gasteiger partial charge in [-0.05, 0) is 84.8 Å². The fourth-order valence-electron chi connectivity index (χ4n) is 8.84. The normalized spacial score (nSPS) is 21.3. The summed E-state index contributed by atoms with van der Waals surface area (Å²) in [5, 5.41) is 24.0. The maximum Gasteiger partial charge on any atom is 0.258 e. The van der Waals surface area contributed by atoms with Gasteiger partial charge in [-0.25, -0.2) is 18.1 Å². The number of aromatic nitrogens is 2. The summed E-state index contributed by atoms with van der Waals surface area (Å²) in [5.41, 5.74) is -0.235. The number of anilines is 1. The molecule has 3 saturated heterocycles. The Morgan fingerprint density at radius 3 is 2.32 bits per heavy atom. The number of carbonyl (C=O) groups is 5. The van der Waals surface area contributed by atoms with Gasteiger partial charge in [0.05, 0.1) is 41.2 Å². The van der Waals surface area contributed by atoms with Crippen LogP contribution in [-0.4, -0.2) is 124 Å². The number of thiazole rings is 1. The topological polar surface area (TPSA) is 204 Å². The van der Waals surface area contributed by atoms with Crippen LogP contribution in [0.4, 0.5) is 19.0 Å². The molecule has 4 fully saturated rings. The minimum absolute atomic E-state index is 0.0551. The molecule has 4 aliphatic rings. The molecule has 370 valence electrons. The molecule has 69 heavy (non-hydrogen) atoms. The van der Waals surface area contributed by atoms with Gasteiger partial charge in [0, 0.05) is 50.7 Å². The summed E-state index contributed by atoms with van der Waals surface area (Å²) < 4.78 is 60.0. The zero-order chi connectivity index (χ0) is 49.2. The Labute approximate surface area is 405 Å². The van der Waals surface area contributed by atoms with Crippen LogP contribution in [0.25, 0.3) is 21.0 Å². The monoisotopic (exact) mass is 994 g/mol. The molecule has 8 rings (SSSR count). The van der Waals surface area contributed by atoms with E-state index in [0.29, 0.717) is 29.5 Å². The Kier molecular flexibility index (Phi) is 15.0. The number of morpholine rings is 1. The van der Waals surface area contributed by atoms with Crippen molar-refractivity contribution in [2.75, 3.05) is 44.2 Å².